The number of aryl methyl sites for hydroxylation is 1. The first-order valence-corrected chi connectivity index (χ1v) is 10.2. The molecule has 2 aromatic rings. The molecule has 1 fully saturated rings. The summed E-state index contributed by atoms with van der Waals surface area (Å²) in [6, 6.07) is 15.0. The van der Waals surface area contributed by atoms with E-state index >= 15 is 0 Å². The third-order valence-corrected chi connectivity index (χ3v) is 5.90. The number of nitrogens with zero attached hydrogens (tertiary/aromatic N) is 1. The van der Waals surface area contributed by atoms with E-state index in [1.165, 1.54) is 5.56 Å². The maximum atomic E-state index is 12.8. The molecule has 0 saturated carbocycles. The molecule has 2 amide bonds. The van der Waals surface area contributed by atoms with E-state index in [0.717, 1.165) is 5.56 Å². The highest BCUT2D eigenvalue weighted by atomic mass is 35.5. The Bertz CT molecular complexity index is 859. The third-order valence-electron chi connectivity index (χ3n) is 5.64. The Labute approximate surface area is 177 Å². The van der Waals surface area contributed by atoms with Crippen LogP contribution < -0.4 is 10.1 Å². The summed E-state index contributed by atoms with van der Waals surface area (Å²) < 4.78 is 5.55. The molecule has 6 heteroatoms. The van der Waals surface area contributed by atoms with Gasteiger partial charge in [0.25, 0.3) is 5.91 Å². The smallest absolute Gasteiger partial charge is 0.260 e. The predicted molar refractivity (Wildman–Crippen MR) is 114 cm³/mol. The standard InChI is InChI=1S/C23H27ClN2O3/c1-17-5-3-4-6-18(17)15-25-22(28)23(2)11-13-26(14-12-23)21(27)16-29-20-9-7-19(24)8-10-20/h3-10H,11-16H2,1-2H3,(H,25,28). The van der Waals surface area contributed by atoms with Gasteiger partial charge in [-0.2, -0.15) is 0 Å². The molecule has 0 radical (unpaired) electrons. The molecule has 3 rings (SSSR count). The van der Waals surface area contributed by atoms with Gasteiger partial charge in [-0.1, -0.05) is 42.8 Å². The Morgan fingerprint density at radius 3 is 2.41 bits per heavy atom. The fraction of sp³-hybridized carbons (Fsp3) is 0.391. The number of likely N-dealkylation sites (tertiary alicyclic amines) is 1. The van der Waals surface area contributed by atoms with Gasteiger partial charge >= 0.3 is 0 Å². The largest absolute Gasteiger partial charge is 0.484 e. The summed E-state index contributed by atoms with van der Waals surface area (Å²) >= 11 is 5.85. The number of nitrogens with one attached hydrogen (secondary N) is 1. The lowest BCUT2D eigenvalue weighted by Crippen LogP contribution is -2.49. The molecule has 0 spiro atoms. The third kappa shape index (κ3) is 5.51. The second kappa shape index (κ2) is 9.31. The molecular weight excluding hydrogens is 388 g/mol. The van der Waals surface area contributed by atoms with E-state index in [1.54, 1.807) is 29.2 Å². The topological polar surface area (TPSA) is 58.6 Å². The number of piperidine rings is 1. The van der Waals surface area contributed by atoms with Crippen molar-refractivity contribution in [1.82, 2.24) is 10.2 Å². The molecule has 1 aliphatic heterocycles. The SMILES string of the molecule is Cc1ccccc1CNC(=O)C1(C)CCN(C(=O)COc2ccc(Cl)cc2)CC1. The summed E-state index contributed by atoms with van der Waals surface area (Å²) in [7, 11) is 0. The van der Waals surface area contributed by atoms with Crippen LogP contribution in [-0.2, 0) is 16.1 Å². The average molecular weight is 415 g/mol. The van der Waals surface area contributed by atoms with E-state index in [4.69, 9.17) is 16.3 Å². The van der Waals surface area contributed by atoms with E-state index in [-0.39, 0.29) is 18.4 Å². The highest BCUT2D eigenvalue weighted by Crippen LogP contribution is 2.31. The normalized spacial score (nSPS) is 15.6. The van der Waals surface area contributed by atoms with Crippen molar-refractivity contribution < 1.29 is 14.3 Å². The van der Waals surface area contributed by atoms with Crippen molar-refractivity contribution in [2.75, 3.05) is 19.7 Å². The van der Waals surface area contributed by atoms with E-state index in [2.05, 4.69) is 5.32 Å². The number of carbonyl (C=O) groups is 2. The van der Waals surface area contributed by atoms with Gasteiger partial charge < -0.3 is 15.0 Å². The van der Waals surface area contributed by atoms with Gasteiger partial charge in [0.15, 0.2) is 6.61 Å². The fourth-order valence-corrected chi connectivity index (χ4v) is 3.57. The summed E-state index contributed by atoms with van der Waals surface area (Å²) in [5, 5.41) is 3.69. The molecule has 0 unspecified atom stereocenters. The van der Waals surface area contributed by atoms with Crippen LogP contribution in [0.5, 0.6) is 5.75 Å². The molecule has 2 aromatic carbocycles. The number of amides is 2. The number of hydrogen-bond acceptors (Lipinski definition) is 3. The molecule has 0 aromatic heterocycles. The molecule has 5 nitrogen and oxygen atoms in total. The van der Waals surface area contributed by atoms with Crippen LogP contribution in [0.1, 0.15) is 30.9 Å². The van der Waals surface area contributed by atoms with E-state index < -0.39 is 5.41 Å². The number of halogens is 1. The Morgan fingerprint density at radius 1 is 1.10 bits per heavy atom. The Hall–Kier alpha value is -2.53. The lowest BCUT2D eigenvalue weighted by atomic mass is 9.79. The summed E-state index contributed by atoms with van der Waals surface area (Å²) in [6.45, 7) is 5.64. The van der Waals surface area contributed by atoms with Crippen LogP contribution >= 0.6 is 11.6 Å². The maximum absolute atomic E-state index is 12.8. The number of rotatable bonds is 6. The summed E-state index contributed by atoms with van der Waals surface area (Å²) in [4.78, 5) is 27.0. The first kappa shape index (κ1) is 21.2. The number of benzene rings is 2. The molecule has 1 N–H and O–H groups in total. The Balaban J connectivity index is 1.46. The zero-order valence-corrected chi connectivity index (χ0v) is 17.7. The van der Waals surface area contributed by atoms with Crippen molar-refractivity contribution in [2.24, 2.45) is 5.41 Å². The van der Waals surface area contributed by atoms with Crippen molar-refractivity contribution in [3.63, 3.8) is 0 Å². The van der Waals surface area contributed by atoms with Gasteiger partial charge in [0.2, 0.25) is 5.91 Å². The van der Waals surface area contributed by atoms with Crippen LogP contribution in [0.25, 0.3) is 0 Å². The van der Waals surface area contributed by atoms with Gasteiger partial charge in [0, 0.05) is 30.1 Å². The minimum atomic E-state index is -0.462. The first-order valence-electron chi connectivity index (χ1n) is 9.86. The highest BCUT2D eigenvalue weighted by Gasteiger charge is 2.37. The second-order valence-electron chi connectivity index (χ2n) is 7.79. The zero-order chi connectivity index (χ0) is 20.9. The molecular formula is C23H27ClN2O3. The first-order chi connectivity index (χ1) is 13.9. The number of hydrogen-bond donors (Lipinski definition) is 1. The maximum Gasteiger partial charge on any atom is 0.260 e. The molecule has 29 heavy (non-hydrogen) atoms. The molecule has 1 heterocycles. The van der Waals surface area contributed by atoms with Crippen LogP contribution in [0.3, 0.4) is 0 Å². The van der Waals surface area contributed by atoms with Gasteiger partial charge in [-0.3, -0.25) is 9.59 Å². The summed E-state index contributed by atoms with van der Waals surface area (Å²) in [5.74, 6) is 0.591. The lowest BCUT2D eigenvalue weighted by Gasteiger charge is -2.38. The fourth-order valence-electron chi connectivity index (χ4n) is 3.44. The zero-order valence-electron chi connectivity index (χ0n) is 16.9. The van der Waals surface area contributed by atoms with E-state index in [1.807, 2.05) is 38.1 Å². The van der Waals surface area contributed by atoms with Gasteiger partial charge in [-0.05, 0) is 55.2 Å². The van der Waals surface area contributed by atoms with Crippen LogP contribution in [0, 0.1) is 12.3 Å². The lowest BCUT2D eigenvalue weighted by molar-refractivity contribution is -0.141. The van der Waals surface area contributed by atoms with Gasteiger partial charge in [0.1, 0.15) is 5.75 Å². The van der Waals surface area contributed by atoms with Gasteiger partial charge in [-0.15, -0.1) is 0 Å². The van der Waals surface area contributed by atoms with Crippen LogP contribution in [0.2, 0.25) is 5.02 Å². The molecule has 0 atom stereocenters. The molecule has 0 bridgehead atoms. The molecule has 1 saturated heterocycles. The summed E-state index contributed by atoms with van der Waals surface area (Å²) in [6.07, 6.45) is 1.28. The van der Waals surface area contributed by atoms with Crippen molar-refractivity contribution in [1.29, 1.82) is 0 Å². The minimum absolute atomic E-state index is 0.0160. The molecule has 0 aliphatic carbocycles. The van der Waals surface area contributed by atoms with E-state index in [0.29, 0.717) is 43.2 Å². The van der Waals surface area contributed by atoms with Crippen LogP contribution in [-0.4, -0.2) is 36.4 Å². The molecule has 1 aliphatic rings. The number of carbonyl (C=O) groups excluding carboxylic acids is 2. The quantitative estimate of drug-likeness (QED) is 0.778. The Kier molecular flexibility index (Phi) is 6.80. The van der Waals surface area contributed by atoms with Crippen molar-refractivity contribution in [2.45, 2.75) is 33.2 Å². The molecule has 154 valence electrons. The summed E-state index contributed by atoms with van der Waals surface area (Å²) in [5.41, 5.74) is 1.83. The minimum Gasteiger partial charge on any atom is -0.484 e. The Morgan fingerprint density at radius 2 is 1.76 bits per heavy atom. The highest BCUT2D eigenvalue weighted by molar-refractivity contribution is 6.30. The van der Waals surface area contributed by atoms with Crippen molar-refractivity contribution in [3.8, 4) is 5.75 Å². The van der Waals surface area contributed by atoms with Crippen LogP contribution in [0.4, 0.5) is 0 Å². The average Bonchev–Trinajstić information content (AvgIpc) is 2.73. The van der Waals surface area contributed by atoms with Gasteiger partial charge in [-0.25, -0.2) is 0 Å². The number of ether oxygens (including phenoxy) is 1. The predicted octanol–water partition coefficient (Wildman–Crippen LogP) is 3.97. The monoisotopic (exact) mass is 414 g/mol. The van der Waals surface area contributed by atoms with Crippen molar-refractivity contribution in [3.05, 3.63) is 64.7 Å². The second-order valence-corrected chi connectivity index (χ2v) is 8.23. The van der Waals surface area contributed by atoms with E-state index in [9.17, 15) is 9.59 Å². The van der Waals surface area contributed by atoms with Crippen molar-refractivity contribution >= 4 is 23.4 Å². The van der Waals surface area contributed by atoms with Gasteiger partial charge in [0.05, 0.1) is 0 Å². The van der Waals surface area contributed by atoms with Crippen LogP contribution in [0.15, 0.2) is 48.5 Å².